The molecule has 6 heteroatoms. The Bertz CT molecular complexity index is 820. The number of aliphatic imine (C=N–C) groups is 1. The van der Waals surface area contributed by atoms with Crippen LogP contribution in [0.15, 0.2) is 46.7 Å². The summed E-state index contributed by atoms with van der Waals surface area (Å²) in [6.45, 7) is 1.87. The number of allylic oxidation sites excluding steroid dienone is 2. The predicted molar refractivity (Wildman–Crippen MR) is 91.1 cm³/mol. The second kappa shape index (κ2) is 6.70. The number of hydrogen-bond acceptors (Lipinski definition) is 5. The maximum atomic E-state index is 12.4. The van der Waals surface area contributed by atoms with Crippen LogP contribution in [0.2, 0.25) is 0 Å². The number of carbonyl (C=O) groups is 1. The molecule has 1 aliphatic rings. The molecule has 0 saturated heterocycles. The normalized spacial score (nSPS) is 18.4. The van der Waals surface area contributed by atoms with Crippen molar-refractivity contribution in [1.29, 1.82) is 0 Å². The minimum atomic E-state index is -0.123. The quantitative estimate of drug-likeness (QED) is 0.844. The summed E-state index contributed by atoms with van der Waals surface area (Å²) in [5.74, 6) is 1.11. The van der Waals surface area contributed by atoms with Gasteiger partial charge in [0.15, 0.2) is 11.6 Å². The Labute approximate surface area is 139 Å². The van der Waals surface area contributed by atoms with E-state index in [2.05, 4.69) is 15.2 Å². The average molecular weight is 325 g/mol. The fraction of sp³-hybridized carbons (Fsp3) is 0.278. The number of Topliss-reactive ketones (excluding diaryl/α,β-unsaturated/α-hetero) is 1. The molecule has 1 aromatic carbocycles. The van der Waals surface area contributed by atoms with Crippen LogP contribution in [0.5, 0.6) is 5.75 Å². The van der Waals surface area contributed by atoms with Crippen LogP contribution in [0.1, 0.15) is 30.0 Å². The number of rotatable bonds is 4. The van der Waals surface area contributed by atoms with E-state index in [1.807, 2.05) is 31.2 Å². The fourth-order valence-electron chi connectivity index (χ4n) is 2.79. The van der Waals surface area contributed by atoms with Crippen LogP contribution >= 0.6 is 0 Å². The van der Waals surface area contributed by atoms with Crippen molar-refractivity contribution in [2.75, 3.05) is 7.11 Å². The van der Waals surface area contributed by atoms with Gasteiger partial charge in [0.1, 0.15) is 11.5 Å². The van der Waals surface area contributed by atoms with Gasteiger partial charge in [0.2, 0.25) is 0 Å². The van der Waals surface area contributed by atoms with Crippen molar-refractivity contribution in [2.24, 2.45) is 4.99 Å². The number of aliphatic hydroxyl groups is 1. The van der Waals surface area contributed by atoms with Gasteiger partial charge in [-0.1, -0.05) is 12.1 Å². The number of aryl methyl sites for hydroxylation is 1. The van der Waals surface area contributed by atoms with Crippen molar-refractivity contribution < 1.29 is 14.6 Å². The van der Waals surface area contributed by atoms with Crippen LogP contribution in [0.3, 0.4) is 0 Å². The predicted octanol–water partition coefficient (Wildman–Crippen LogP) is 3.39. The number of ether oxygens (including phenoxy) is 1. The molecule has 1 heterocycles. The number of nitrogens with zero attached hydrogens (tertiary/aromatic N) is 2. The van der Waals surface area contributed by atoms with Gasteiger partial charge >= 0.3 is 0 Å². The van der Waals surface area contributed by atoms with Crippen LogP contribution in [0, 0.1) is 6.92 Å². The first-order chi connectivity index (χ1) is 11.6. The summed E-state index contributed by atoms with van der Waals surface area (Å²) in [5, 5.41) is 17.0. The zero-order valence-electron chi connectivity index (χ0n) is 13.6. The second-order valence-corrected chi connectivity index (χ2v) is 5.83. The lowest BCUT2D eigenvalue weighted by atomic mass is 9.83. The van der Waals surface area contributed by atoms with Gasteiger partial charge in [-0.3, -0.25) is 9.89 Å². The largest absolute Gasteiger partial charge is 0.511 e. The molecule has 0 amide bonds. The minimum absolute atomic E-state index is 0.0580. The maximum Gasteiger partial charge on any atom is 0.173 e. The summed E-state index contributed by atoms with van der Waals surface area (Å²) in [5.41, 5.74) is 2.12. The van der Waals surface area contributed by atoms with Crippen molar-refractivity contribution >= 4 is 17.8 Å². The van der Waals surface area contributed by atoms with Crippen LogP contribution in [-0.4, -0.2) is 34.4 Å². The first-order valence-corrected chi connectivity index (χ1v) is 7.72. The second-order valence-electron chi connectivity index (χ2n) is 5.83. The summed E-state index contributed by atoms with van der Waals surface area (Å²) in [6.07, 6.45) is 2.13. The van der Waals surface area contributed by atoms with Gasteiger partial charge in [-0.15, -0.1) is 0 Å². The molecular weight excluding hydrogens is 306 g/mol. The molecule has 0 saturated carbocycles. The van der Waals surface area contributed by atoms with E-state index in [0.717, 1.165) is 17.0 Å². The number of hydrogen-bond donors (Lipinski definition) is 2. The molecule has 0 bridgehead atoms. The van der Waals surface area contributed by atoms with E-state index in [0.29, 0.717) is 18.7 Å². The Kier molecular flexibility index (Phi) is 4.46. The smallest absolute Gasteiger partial charge is 0.173 e. The third-order valence-electron chi connectivity index (χ3n) is 4.07. The first kappa shape index (κ1) is 16.0. The van der Waals surface area contributed by atoms with E-state index in [1.165, 1.54) is 6.21 Å². The highest BCUT2D eigenvalue weighted by molar-refractivity contribution is 6.14. The van der Waals surface area contributed by atoms with Gasteiger partial charge in [0.25, 0.3) is 0 Å². The van der Waals surface area contributed by atoms with Crippen LogP contribution in [0.25, 0.3) is 0 Å². The Morgan fingerprint density at radius 1 is 1.38 bits per heavy atom. The molecule has 0 radical (unpaired) electrons. The van der Waals surface area contributed by atoms with Gasteiger partial charge in [0.05, 0.1) is 12.7 Å². The summed E-state index contributed by atoms with van der Waals surface area (Å²) in [6, 6.07) is 9.35. The molecule has 0 aliphatic heterocycles. The van der Waals surface area contributed by atoms with E-state index >= 15 is 0 Å². The van der Waals surface area contributed by atoms with Crippen LogP contribution in [-0.2, 0) is 4.79 Å². The van der Waals surface area contributed by atoms with E-state index < -0.39 is 0 Å². The number of aromatic amines is 1. The molecule has 124 valence electrons. The zero-order valence-corrected chi connectivity index (χ0v) is 13.6. The summed E-state index contributed by atoms with van der Waals surface area (Å²) < 4.78 is 5.22. The standard InChI is InChI=1S/C18H19N3O3/c1-11-6-18(21-20-11)19-10-15-16(22)8-13(9-17(15)23)12-4-3-5-14(7-12)24-2/h3-7,10,13,22H,8-9H2,1-2H3,(H,20,21). The Morgan fingerprint density at radius 2 is 2.21 bits per heavy atom. The average Bonchev–Trinajstić information content (AvgIpc) is 2.99. The molecule has 1 unspecified atom stereocenters. The highest BCUT2D eigenvalue weighted by Gasteiger charge is 2.28. The van der Waals surface area contributed by atoms with E-state index in [1.54, 1.807) is 13.2 Å². The zero-order chi connectivity index (χ0) is 17.1. The third kappa shape index (κ3) is 3.37. The van der Waals surface area contributed by atoms with Crippen molar-refractivity contribution in [3.8, 4) is 5.75 Å². The first-order valence-electron chi connectivity index (χ1n) is 7.72. The topological polar surface area (TPSA) is 87.6 Å². The maximum absolute atomic E-state index is 12.4. The van der Waals surface area contributed by atoms with Crippen molar-refractivity contribution in [3.63, 3.8) is 0 Å². The monoisotopic (exact) mass is 325 g/mol. The van der Waals surface area contributed by atoms with Gasteiger partial charge in [0, 0.05) is 30.8 Å². The Hall–Kier alpha value is -2.89. The Balaban J connectivity index is 1.81. The van der Waals surface area contributed by atoms with Crippen molar-refractivity contribution in [2.45, 2.75) is 25.7 Å². The molecule has 2 aromatic rings. The number of methoxy groups -OCH3 is 1. The lowest BCUT2D eigenvalue weighted by molar-refractivity contribution is -0.116. The molecule has 3 rings (SSSR count). The van der Waals surface area contributed by atoms with Crippen molar-refractivity contribution in [1.82, 2.24) is 10.2 Å². The van der Waals surface area contributed by atoms with E-state index in [9.17, 15) is 9.90 Å². The molecule has 1 aliphatic carbocycles. The summed E-state index contributed by atoms with van der Waals surface area (Å²) >= 11 is 0. The van der Waals surface area contributed by atoms with Gasteiger partial charge in [-0.25, -0.2) is 4.99 Å². The summed E-state index contributed by atoms with van der Waals surface area (Å²) in [7, 11) is 1.61. The molecule has 6 nitrogen and oxygen atoms in total. The number of nitrogens with one attached hydrogen (secondary N) is 1. The van der Waals surface area contributed by atoms with Gasteiger partial charge in [-0.2, -0.15) is 5.10 Å². The lowest BCUT2D eigenvalue weighted by Gasteiger charge is -2.22. The number of carbonyl (C=O) groups excluding carboxylic acids is 1. The molecular formula is C18H19N3O3. The molecule has 1 aromatic heterocycles. The number of benzene rings is 1. The van der Waals surface area contributed by atoms with Crippen molar-refractivity contribution in [3.05, 3.63) is 52.9 Å². The van der Waals surface area contributed by atoms with E-state index in [-0.39, 0.29) is 23.0 Å². The molecule has 24 heavy (non-hydrogen) atoms. The number of H-pyrrole nitrogens is 1. The minimum Gasteiger partial charge on any atom is -0.511 e. The number of aromatic nitrogens is 2. The highest BCUT2D eigenvalue weighted by Crippen LogP contribution is 2.34. The van der Waals surface area contributed by atoms with Gasteiger partial charge in [-0.05, 0) is 30.5 Å². The number of ketones is 1. The van der Waals surface area contributed by atoms with Crippen LogP contribution in [0.4, 0.5) is 5.82 Å². The molecule has 2 N–H and O–H groups in total. The SMILES string of the molecule is COc1cccc(C2CC(=O)C(C=Nc3cc(C)[nH]n3)=C(O)C2)c1. The third-order valence-corrected chi connectivity index (χ3v) is 4.07. The molecule has 1 atom stereocenters. The number of aliphatic hydroxyl groups excluding tert-OH is 1. The fourth-order valence-corrected chi connectivity index (χ4v) is 2.79. The summed E-state index contributed by atoms with van der Waals surface area (Å²) in [4.78, 5) is 16.6. The molecule has 0 spiro atoms. The van der Waals surface area contributed by atoms with E-state index in [4.69, 9.17) is 4.74 Å². The lowest BCUT2D eigenvalue weighted by Crippen LogP contribution is -2.19. The highest BCUT2D eigenvalue weighted by atomic mass is 16.5. The van der Waals surface area contributed by atoms with Gasteiger partial charge < -0.3 is 9.84 Å². The Morgan fingerprint density at radius 3 is 2.88 bits per heavy atom. The molecule has 0 fully saturated rings. The van der Waals surface area contributed by atoms with Crippen LogP contribution < -0.4 is 4.74 Å².